The van der Waals surface area contributed by atoms with Crippen molar-refractivity contribution < 1.29 is 4.79 Å². The molecule has 1 amide bonds. The predicted molar refractivity (Wildman–Crippen MR) is 67.9 cm³/mol. The quantitative estimate of drug-likeness (QED) is 0.669. The number of nitrogens with two attached hydrogens (primary N) is 1. The zero-order valence-electron chi connectivity index (χ0n) is 10.7. The molecule has 1 aromatic heterocycles. The number of hydrogen-bond donors (Lipinski definition) is 3. The Morgan fingerprint density at radius 2 is 2.12 bits per heavy atom. The maximum absolute atomic E-state index is 11.7. The molecule has 0 aliphatic carbocycles. The Morgan fingerprint density at radius 3 is 2.59 bits per heavy atom. The van der Waals surface area contributed by atoms with Crippen molar-refractivity contribution in [1.29, 1.82) is 0 Å². The minimum Gasteiger partial charge on any atom is -0.395 e. The smallest absolute Gasteiger partial charge is 0.273 e. The summed E-state index contributed by atoms with van der Waals surface area (Å²) < 4.78 is 0. The van der Waals surface area contributed by atoms with E-state index in [1.165, 1.54) is 0 Å². The van der Waals surface area contributed by atoms with Gasteiger partial charge in [-0.1, -0.05) is 13.8 Å². The van der Waals surface area contributed by atoms with E-state index in [1.807, 2.05) is 0 Å². The lowest BCUT2D eigenvalue weighted by molar-refractivity contribution is 0.0945. The van der Waals surface area contributed by atoms with Crippen molar-refractivity contribution in [1.82, 2.24) is 20.4 Å². The molecule has 1 rings (SSSR count). The van der Waals surface area contributed by atoms with Crippen LogP contribution in [0.5, 0.6) is 0 Å². The summed E-state index contributed by atoms with van der Waals surface area (Å²) in [4.78, 5) is 14.0. The Balaban J connectivity index is 2.43. The number of aromatic nitrogens is 2. The predicted octanol–water partition coefficient (Wildman–Crippen LogP) is 0.372. The first-order valence-corrected chi connectivity index (χ1v) is 5.91. The first kappa shape index (κ1) is 13.5. The van der Waals surface area contributed by atoms with Crippen LogP contribution in [0.3, 0.4) is 0 Å². The van der Waals surface area contributed by atoms with E-state index in [0.717, 1.165) is 25.3 Å². The van der Waals surface area contributed by atoms with Gasteiger partial charge in [-0.3, -0.25) is 9.89 Å². The SMILES string of the molecule is CCN(CC)CCNC(=O)c1n[nH]c(C)c1N. The molecule has 96 valence electrons. The Bertz CT molecular complexity index is 370. The summed E-state index contributed by atoms with van der Waals surface area (Å²) in [5, 5.41) is 9.38. The van der Waals surface area contributed by atoms with Crippen molar-refractivity contribution >= 4 is 11.6 Å². The number of nitrogens with one attached hydrogen (secondary N) is 2. The van der Waals surface area contributed by atoms with Gasteiger partial charge in [0.25, 0.3) is 5.91 Å². The van der Waals surface area contributed by atoms with Crippen molar-refractivity contribution in [3.8, 4) is 0 Å². The number of aromatic amines is 1. The van der Waals surface area contributed by atoms with E-state index in [2.05, 4.69) is 34.3 Å². The fourth-order valence-electron chi connectivity index (χ4n) is 1.56. The third kappa shape index (κ3) is 3.45. The molecule has 1 aromatic rings. The topological polar surface area (TPSA) is 87.0 Å². The van der Waals surface area contributed by atoms with Crippen LogP contribution >= 0.6 is 0 Å². The Kier molecular flexibility index (Phi) is 4.96. The molecule has 17 heavy (non-hydrogen) atoms. The molecule has 0 unspecified atom stereocenters. The molecule has 0 aliphatic rings. The lowest BCUT2D eigenvalue weighted by atomic mass is 10.3. The molecule has 0 saturated heterocycles. The Hall–Kier alpha value is -1.56. The molecule has 0 aliphatic heterocycles. The molecule has 0 aromatic carbocycles. The van der Waals surface area contributed by atoms with Crippen molar-refractivity contribution in [2.24, 2.45) is 0 Å². The van der Waals surface area contributed by atoms with Gasteiger partial charge in [-0.05, 0) is 20.0 Å². The molecular formula is C11H21N5O. The van der Waals surface area contributed by atoms with Crippen LogP contribution in [0.2, 0.25) is 0 Å². The number of nitrogen functional groups attached to an aromatic ring is 1. The van der Waals surface area contributed by atoms with E-state index in [9.17, 15) is 4.79 Å². The van der Waals surface area contributed by atoms with Gasteiger partial charge < -0.3 is 16.0 Å². The van der Waals surface area contributed by atoms with Gasteiger partial charge in [0.1, 0.15) is 0 Å². The normalized spacial score (nSPS) is 10.8. The number of likely N-dealkylation sites (N-methyl/N-ethyl adjacent to an activating group) is 1. The zero-order chi connectivity index (χ0) is 12.8. The number of nitrogens with zero attached hydrogens (tertiary/aromatic N) is 2. The van der Waals surface area contributed by atoms with Gasteiger partial charge in [0.2, 0.25) is 0 Å². The van der Waals surface area contributed by atoms with Crippen LogP contribution in [-0.2, 0) is 0 Å². The van der Waals surface area contributed by atoms with E-state index >= 15 is 0 Å². The number of H-pyrrole nitrogens is 1. The van der Waals surface area contributed by atoms with Gasteiger partial charge in [-0.15, -0.1) is 0 Å². The van der Waals surface area contributed by atoms with Crippen molar-refractivity contribution in [2.45, 2.75) is 20.8 Å². The standard InChI is InChI=1S/C11H21N5O/c1-4-16(5-2)7-6-13-11(17)10-9(12)8(3)14-15-10/h4-7,12H2,1-3H3,(H,13,17)(H,14,15). The largest absolute Gasteiger partial charge is 0.395 e. The fourth-order valence-corrected chi connectivity index (χ4v) is 1.56. The summed E-state index contributed by atoms with van der Waals surface area (Å²) in [6.07, 6.45) is 0. The second-order valence-electron chi connectivity index (χ2n) is 3.89. The average Bonchev–Trinajstić information content (AvgIpc) is 2.65. The number of hydrogen-bond acceptors (Lipinski definition) is 4. The van der Waals surface area contributed by atoms with Crippen LogP contribution in [0.15, 0.2) is 0 Å². The number of rotatable bonds is 6. The van der Waals surface area contributed by atoms with Gasteiger partial charge in [0, 0.05) is 13.1 Å². The summed E-state index contributed by atoms with van der Waals surface area (Å²) in [5.41, 5.74) is 7.14. The highest BCUT2D eigenvalue weighted by molar-refractivity contribution is 5.97. The number of anilines is 1. The van der Waals surface area contributed by atoms with Gasteiger partial charge in [0.15, 0.2) is 5.69 Å². The second-order valence-corrected chi connectivity index (χ2v) is 3.89. The molecule has 4 N–H and O–H groups in total. The highest BCUT2D eigenvalue weighted by Crippen LogP contribution is 2.11. The van der Waals surface area contributed by atoms with Crippen LogP contribution in [-0.4, -0.2) is 47.2 Å². The highest BCUT2D eigenvalue weighted by atomic mass is 16.1. The van der Waals surface area contributed by atoms with Gasteiger partial charge in [-0.2, -0.15) is 5.10 Å². The number of carbonyl (C=O) groups excluding carboxylic acids is 1. The molecule has 0 bridgehead atoms. The van der Waals surface area contributed by atoms with Crippen LogP contribution < -0.4 is 11.1 Å². The molecule has 6 nitrogen and oxygen atoms in total. The van der Waals surface area contributed by atoms with Gasteiger partial charge in [-0.25, -0.2) is 0 Å². The average molecular weight is 239 g/mol. The van der Waals surface area contributed by atoms with Gasteiger partial charge >= 0.3 is 0 Å². The maximum atomic E-state index is 11.7. The molecule has 1 heterocycles. The zero-order valence-corrected chi connectivity index (χ0v) is 10.7. The van der Waals surface area contributed by atoms with E-state index in [4.69, 9.17) is 5.73 Å². The molecule has 0 atom stereocenters. The van der Waals surface area contributed by atoms with Crippen LogP contribution in [0.1, 0.15) is 30.0 Å². The summed E-state index contributed by atoms with van der Waals surface area (Å²) in [5.74, 6) is -0.223. The molecule has 0 saturated carbocycles. The summed E-state index contributed by atoms with van der Waals surface area (Å²) in [6, 6.07) is 0. The van der Waals surface area contributed by atoms with E-state index < -0.39 is 0 Å². The summed E-state index contributed by atoms with van der Waals surface area (Å²) in [7, 11) is 0. The highest BCUT2D eigenvalue weighted by Gasteiger charge is 2.14. The molecule has 6 heteroatoms. The maximum Gasteiger partial charge on any atom is 0.273 e. The molecule has 0 radical (unpaired) electrons. The van der Waals surface area contributed by atoms with Crippen molar-refractivity contribution in [2.75, 3.05) is 31.9 Å². The monoisotopic (exact) mass is 239 g/mol. The Morgan fingerprint density at radius 1 is 1.47 bits per heavy atom. The summed E-state index contributed by atoms with van der Waals surface area (Å²) in [6.45, 7) is 9.38. The minimum atomic E-state index is -0.223. The van der Waals surface area contributed by atoms with Crippen molar-refractivity contribution in [3.63, 3.8) is 0 Å². The lowest BCUT2D eigenvalue weighted by Crippen LogP contribution is -2.35. The van der Waals surface area contributed by atoms with Crippen LogP contribution in [0.4, 0.5) is 5.69 Å². The fraction of sp³-hybridized carbons (Fsp3) is 0.636. The molecule has 0 fully saturated rings. The lowest BCUT2D eigenvalue weighted by Gasteiger charge is -2.17. The first-order chi connectivity index (χ1) is 8.10. The number of aryl methyl sites for hydroxylation is 1. The third-order valence-corrected chi connectivity index (χ3v) is 2.82. The second kappa shape index (κ2) is 6.24. The minimum absolute atomic E-state index is 0.223. The third-order valence-electron chi connectivity index (χ3n) is 2.82. The van der Waals surface area contributed by atoms with E-state index in [0.29, 0.717) is 12.2 Å². The first-order valence-electron chi connectivity index (χ1n) is 5.91. The van der Waals surface area contributed by atoms with Crippen molar-refractivity contribution in [3.05, 3.63) is 11.4 Å². The number of amides is 1. The van der Waals surface area contributed by atoms with Gasteiger partial charge in [0.05, 0.1) is 11.4 Å². The van der Waals surface area contributed by atoms with E-state index in [1.54, 1.807) is 6.92 Å². The molecular weight excluding hydrogens is 218 g/mol. The van der Waals surface area contributed by atoms with Crippen LogP contribution in [0.25, 0.3) is 0 Å². The van der Waals surface area contributed by atoms with E-state index in [-0.39, 0.29) is 11.6 Å². The summed E-state index contributed by atoms with van der Waals surface area (Å²) >= 11 is 0. The number of carbonyl (C=O) groups is 1. The van der Waals surface area contributed by atoms with Crippen LogP contribution in [0, 0.1) is 6.92 Å². The Labute approximate surface area is 102 Å². The molecule has 0 spiro atoms.